The second-order valence-electron chi connectivity index (χ2n) is 7.24. The highest BCUT2D eigenvalue weighted by molar-refractivity contribution is 6.39. The molecule has 2 amide bonds. The van der Waals surface area contributed by atoms with Crippen LogP contribution in [0.3, 0.4) is 0 Å². The number of anilines is 1. The summed E-state index contributed by atoms with van der Waals surface area (Å²) >= 11 is 0. The maximum atomic E-state index is 12.4. The predicted molar refractivity (Wildman–Crippen MR) is 112 cm³/mol. The monoisotopic (exact) mass is 395 g/mol. The van der Waals surface area contributed by atoms with E-state index in [2.05, 4.69) is 22.5 Å². The number of para-hydroxylation sites is 1. The van der Waals surface area contributed by atoms with Crippen LogP contribution in [0.5, 0.6) is 5.75 Å². The van der Waals surface area contributed by atoms with Gasteiger partial charge in [0.15, 0.2) is 0 Å². The van der Waals surface area contributed by atoms with Crippen molar-refractivity contribution in [3.63, 3.8) is 0 Å². The summed E-state index contributed by atoms with van der Waals surface area (Å²) in [6.45, 7) is 4.56. The molecule has 1 aromatic heterocycles. The van der Waals surface area contributed by atoms with E-state index in [9.17, 15) is 9.59 Å². The number of rotatable bonds is 5. The number of furan rings is 1. The fourth-order valence-corrected chi connectivity index (χ4v) is 4.03. The van der Waals surface area contributed by atoms with Crippen molar-refractivity contribution < 1.29 is 18.7 Å². The average Bonchev–Trinajstić information content (AvgIpc) is 3.34. The molecule has 1 saturated heterocycles. The Labute approximate surface area is 169 Å². The minimum absolute atomic E-state index is 0.290. The summed E-state index contributed by atoms with van der Waals surface area (Å²) in [5, 5.41) is 7.25. The van der Waals surface area contributed by atoms with Crippen molar-refractivity contribution in [3.05, 3.63) is 36.4 Å². The van der Waals surface area contributed by atoms with Crippen molar-refractivity contribution >= 4 is 39.4 Å². The van der Waals surface area contributed by atoms with Crippen LogP contribution in [0, 0.1) is 0 Å². The van der Waals surface area contributed by atoms with E-state index in [1.54, 1.807) is 6.07 Å². The van der Waals surface area contributed by atoms with E-state index in [0.717, 1.165) is 42.3 Å². The number of carbonyl (C=O) groups excluding carboxylic acids is 2. The smallest absolute Gasteiger partial charge is 0.313 e. The third kappa shape index (κ3) is 3.78. The number of fused-ring (bicyclic) bond motifs is 3. The fourth-order valence-electron chi connectivity index (χ4n) is 4.03. The van der Waals surface area contributed by atoms with Crippen LogP contribution in [0.15, 0.2) is 40.8 Å². The molecule has 0 spiro atoms. The number of hydrogen-bond acceptors (Lipinski definition) is 5. The molecule has 0 bridgehead atoms. The summed E-state index contributed by atoms with van der Waals surface area (Å²) in [6.07, 6.45) is 2.15. The van der Waals surface area contributed by atoms with Gasteiger partial charge in [0.05, 0.1) is 12.8 Å². The molecule has 1 aliphatic heterocycles. The summed E-state index contributed by atoms with van der Waals surface area (Å²) in [7, 11) is 1.53. The van der Waals surface area contributed by atoms with E-state index in [1.165, 1.54) is 7.11 Å². The fraction of sp³-hybridized carbons (Fsp3) is 0.364. The van der Waals surface area contributed by atoms with Gasteiger partial charge in [-0.3, -0.25) is 14.5 Å². The molecule has 2 N–H and O–H groups in total. The van der Waals surface area contributed by atoms with Crippen molar-refractivity contribution in [3.8, 4) is 5.75 Å². The molecule has 4 rings (SSSR count). The molecule has 2 heterocycles. The lowest BCUT2D eigenvalue weighted by Crippen LogP contribution is -2.43. The molecule has 1 aliphatic rings. The first-order valence-electron chi connectivity index (χ1n) is 9.93. The van der Waals surface area contributed by atoms with Crippen molar-refractivity contribution in [1.29, 1.82) is 0 Å². The lowest BCUT2D eigenvalue weighted by Gasteiger charge is -2.22. The summed E-state index contributed by atoms with van der Waals surface area (Å²) in [4.78, 5) is 27.0. The van der Waals surface area contributed by atoms with E-state index in [-0.39, 0.29) is 6.04 Å². The quantitative estimate of drug-likeness (QED) is 0.649. The van der Waals surface area contributed by atoms with Gasteiger partial charge in [-0.05, 0) is 38.1 Å². The van der Waals surface area contributed by atoms with Gasteiger partial charge in [0.1, 0.15) is 16.9 Å². The molecule has 1 fully saturated rings. The molecule has 29 heavy (non-hydrogen) atoms. The molecule has 0 unspecified atom stereocenters. The Hall–Kier alpha value is -3.06. The molecule has 2 aromatic carbocycles. The lowest BCUT2D eigenvalue weighted by molar-refractivity contribution is -0.136. The van der Waals surface area contributed by atoms with Crippen LogP contribution in [0.2, 0.25) is 0 Å². The van der Waals surface area contributed by atoms with Gasteiger partial charge in [-0.15, -0.1) is 0 Å². The maximum Gasteiger partial charge on any atom is 0.313 e. The Morgan fingerprint density at radius 1 is 1.17 bits per heavy atom. The second-order valence-corrected chi connectivity index (χ2v) is 7.24. The third-order valence-electron chi connectivity index (χ3n) is 5.56. The number of methoxy groups -OCH3 is 1. The van der Waals surface area contributed by atoms with Crippen molar-refractivity contribution in [1.82, 2.24) is 10.2 Å². The van der Waals surface area contributed by atoms with Crippen LogP contribution < -0.4 is 15.4 Å². The summed E-state index contributed by atoms with van der Waals surface area (Å²) in [5.41, 5.74) is 1.77. The van der Waals surface area contributed by atoms with Gasteiger partial charge in [0, 0.05) is 29.4 Å². The van der Waals surface area contributed by atoms with Gasteiger partial charge in [0.2, 0.25) is 0 Å². The van der Waals surface area contributed by atoms with Gasteiger partial charge in [-0.2, -0.15) is 0 Å². The molecule has 7 heteroatoms. The van der Waals surface area contributed by atoms with Gasteiger partial charge in [0.25, 0.3) is 0 Å². The molecule has 0 aliphatic carbocycles. The molecule has 152 valence electrons. The summed E-state index contributed by atoms with van der Waals surface area (Å²) < 4.78 is 11.3. The first-order chi connectivity index (χ1) is 14.1. The first-order valence-corrected chi connectivity index (χ1v) is 9.93. The van der Waals surface area contributed by atoms with Crippen LogP contribution in [0.1, 0.15) is 19.8 Å². The van der Waals surface area contributed by atoms with Crippen LogP contribution in [0.4, 0.5) is 5.69 Å². The minimum Gasteiger partial charge on any atom is -0.495 e. The van der Waals surface area contributed by atoms with Gasteiger partial charge in [-0.1, -0.05) is 25.1 Å². The minimum atomic E-state index is -0.722. The number of likely N-dealkylation sites (N-methyl/N-ethyl adjacent to an activating group) is 1. The maximum absolute atomic E-state index is 12.4. The highest BCUT2D eigenvalue weighted by Gasteiger charge is 2.25. The number of amides is 2. The normalized spacial score (nSPS) is 17.0. The largest absolute Gasteiger partial charge is 0.495 e. The number of benzene rings is 2. The molecule has 7 nitrogen and oxygen atoms in total. The number of nitrogens with zero attached hydrogens (tertiary/aromatic N) is 1. The van der Waals surface area contributed by atoms with Crippen molar-refractivity contribution in [2.75, 3.05) is 32.1 Å². The lowest BCUT2D eigenvalue weighted by atomic mass is 10.1. The zero-order valence-electron chi connectivity index (χ0n) is 16.7. The van der Waals surface area contributed by atoms with E-state index < -0.39 is 11.8 Å². The van der Waals surface area contributed by atoms with Crippen molar-refractivity contribution in [2.24, 2.45) is 0 Å². The Morgan fingerprint density at radius 3 is 2.79 bits per heavy atom. The van der Waals surface area contributed by atoms with Gasteiger partial charge < -0.3 is 19.8 Å². The molecule has 3 aromatic rings. The highest BCUT2D eigenvalue weighted by Crippen LogP contribution is 2.36. The van der Waals surface area contributed by atoms with Crippen LogP contribution in [-0.2, 0) is 9.59 Å². The average molecular weight is 395 g/mol. The number of likely N-dealkylation sites (tertiary alicyclic amines) is 1. The van der Waals surface area contributed by atoms with Crippen molar-refractivity contribution in [2.45, 2.75) is 25.8 Å². The zero-order chi connectivity index (χ0) is 20.4. The Balaban J connectivity index is 1.49. The number of ether oxygens (including phenoxy) is 1. The highest BCUT2D eigenvalue weighted by atomic mass is 16.5. The van der Waals surface area contributed by atoms with E-state index in [4.69, 9.17) is 9.15 Å². The van der Waals surface area contributed by atoms with Crippen LogP contribution in [0.25, 0.3) is 21.9 Å². The van der Waals surface area contributed by atoms with E-state index >= 15 is 0 Å². The summed E-state index contributed by atoms with van der Waals surface area (Å²) in [5.74, 6) is -0.905. The predicted octanol–water partition coefficient (Wildman–Crippen LogP) is 3.13. The second kappa shape index (κ2) is 8.13. The zero-order valence-corrected chi connectivity index (χ0v) is 16.7. The standard InChI is InChI=1S/C22H25N3O4/c1-3-25-10-6-7-14(25)13-23-21(26)22(27)24-17-12-19-16(11-20(17)28-2)15-8-4-5-9-18(15)29-19/h4-5,8-9,11-12,14H,3,6-7,10,13H2,1-2H3,(H,23,26)(H,24,27)/t14-/m1/s1. The van der Waals surface area contributed by atoms with Crippen LogP contribution in [-0.4, -0.2) is 49.5 Å². The number of nitrogens with one attached hydrogen (secondary N) is 2. The molecule has 0 radical (unpaired) electrons. The Kier molecular flexibility index (Phi) is 5.40. The third-order valence-corrected chi connectivity index (χ3v) is 5.56. The topological polar surface area (TPSA) is 83.8 Å². The van der Waals surface area contributed by atoms with Gasteiger partial charge >= 0.3 is 11.8 Å². The number of carbonyl (C=O) groups is 2. The van der Waals surface area contributed by atoms with E-state index in [0.29, 0.717) is 23.6 Å². The van der Waals surface area contributed by atoms with E-state index in [1.807, 2.05) is 30.3 Å². The summed E-state index contributed by atoms with van der Waals surface area (Å²) in [6, 6.07) is 11.5. The molecular weight excluding hydrogens is 370 g/mol. The van der Waals surface area contributed by atoms with Crippen LogP contribution >= 0.6 is 0 Å². The Morgan fingerprint density at radius 2 is 2.00 bits per heavy atom. The Bertz CT molecular complexity index is 1060. The SMILES string of the molecule is CCN1CCC[C@@H]1CNC(=O)C(=O)Nc1cc2oc3ccccc3c2cc1OC. The molecule has 0 saturated carbocycles. The molecular formula is C22H25N3O4. The number of hydrogen-bond donors (Lipinski definition) is 2. The first kappa shape index (κ1) is 19.3. The molecule has 1 atom stereocenters. The van der Waals surface area contributed by atoms with Gasteiger partial charge in [-0.25, -0.2) is 0 Å².